The van der Waals surface area contributed by atoms with Crippen LogP contribution in [0.2, 0.25) is 0 Å². The van der Waals surface area contributed by atoms with E-state index < -0.39 is 0 Å². The van der Waals surface area contributed by atoms with Gasteiger partial charge in [0.25, 0.3) is 0 Å². The first-order chi connectivity index (χ1) is 5.33. The summed E-state index contributed by atoms with van der Waals surface area (Å²) in [5.74, 6) is 6.02. The van der Waals surface area contributed by atoms with E-state index in [0.29, 0.717) is 5.41 Å². The van der Waals surface area contributed by atoms with Crippen LogP contribution < -0.4 is 5.73 Å². The van der Waals surface area contributed by atoms with Gasteiger partial charge in [0.2, 0.25) is 0 Å². The van der Waals surface area contributed by atoms with Crippen molar-refractivity contribution in [1.29, 1.82) is 0 Å². The molecule has 1 fully saturated rings. The van der Waals surface area contributed by atoms with Crippen molar-refractivity contribution in [3.63, 3.8) is 0 Å². The molecule has 0 aromatic heterocycles. The minimum atomic E-state index is 0.490. The van der Waals surface area contributed by atoms with Gasteiger partial charge in [-0.2, -0.15) is 0 Å². The van der Waals surface area contributed by atoms with Crippen LogP contribution in [-0.2, 0) is 0 Å². The molecule has 0 unspecified atom stereocenters. The Labute approximate surface area is 69.4 Å². The lowest BCUT2D eigenvalue weighted by Gasteiger charge is -2.40. The third-order valence-electron chi connectivity index (χ3n) is 2.80. The van der Waals surface area contributed by atoms with E-state index in [1.807, 2.05) is 6.92 Å². The molecule has 0 aromatic carbocycles. The summed E-state index contributed by atoms with van der Waals surface area (Å²) in [7, 11) is 0. The maximum atomic E-state index is 5.70. The fourth-order valence-electron chi connectivity index (χ4n) is 1.69. The van der Waals surface area contributed by atoms with E-state index in [1.165, 1.54) is 25.7 Å². The second-order valence-corrected chi connectivity index (χ2v) is 3.48. The molecule has 0 aromatic rings. The first-order valence-corrected chi connectivity index (χ1v) is 4.43. The largest absolute Gasteiger partial charge is 0.330 e. The molecule has 0 saturated heterocycles. The van der Waals surface area contributed by atoms with Gasteiger partial charge >= 0.3 is 0 Å². The van der Waals surface area contributed by atoms with E-state index in [9.17, 15) is 0 Å². The van der Waals surface area contributed by atoms with Crippen LogP contribution in [-0.4, -0.2) is 6.54 Å². The van der Waals surface area contributed by atoms with Crippen LogP contribution >= 0.6 is 0 Å². The van der Waals surface area contributed by atoms with Crippen molar-refractivity contribution in [2.45, 2.75) is 39.0 Å². The van der Waals surface area contributed by atoms with E-state index in [0.717, 1.165) is 13.0 Å². The van der Waals surface area contributed by atoms with Crippen molar-refractivity contribution < 1.29 is 0 Å². The monoisotopic (exact) mass is 151 g/mol. The summed E-state index contributed by atoms with van der Waals surface area (Å²) in [6.45, 7) is 2.76. The van der Waals surface area contributed by atoms with Crippen molar-refractivity contribution >= 4 is 0 Å². The Morgan fingerprint density at radius 2 is 2.18 bits per heavy atom. The van der Waals surface area contributed by atoms with Crippen molar-refractivity contribution in [2.24, 2.45) is 11.1 Å². The minimum Gasteiger partial charge on any atom is -0.330 e. The SMILES string of the molecule is CC#CCCC1(CN)CCC1. The first-order valence-electron chi connectivity index (χ1n) is 4.43. The smallest absolute Gasteiger partial charge is 0.00943 e. The summed E-state index contributed by atoms with van der Waals surface area (Å²) in [6.07, 6.45) is 6.28. The topological polar surface area (TPSA) is 26.0 Å². The van der Waals surface area contributed by atoms with Gasteiger partial charge in [0, 0.05) is 6.42 Å². The van der Waals surface area contributed by atoms with Crippen molar-refractivity contribution in [3.05, 3.63) is 0 Å². The van der Waals surface area contributed by atoms with Crippen LogP contribution in [0.4, 0.5) is 0 Å². The lowest BCUT2D eigenvalue weighted by Crippen LogP contribution is -2.36. The number of nitrogens with two attached hydrogens (primary N) is 1. The Kier molecular flexibility index (Phi) is 2.96. The summed E-state index contributed by atoms with van der Waals surface area (Å²) < 4.78 is 0. The van der Waals surface area contributed by atoms with Gasteiger partial charge in [-0.1, -0.05) is 6.42 Å². The first kappa shape index (κ1) is 8.62. The average molecular weight is 151 g/mol. The molecular weight excluding hydrogens is 134 g/mol. The Hall–Kier alpha value is -0.480. The van der Waals surface area contributed by atoms with Gasteiger partial charge in [-0.3, -0.25) is 0 Å². The van der Waals surface area contributed by atoms with Gasteiger partial charge in [0.1, 0.15) is 0 Å². The fraction of sp³-hybridized carbons (Fsp3) is 0.800. The van der Waals surface area contributed by atoms with Crippen molar-refractivity contribution in [1.82, 2.24) is 0 Å². The molecular formula is C10H17N. The summed E-state index contributed by atoms with van der Waals surface area (Å²) in [6, 6.07) is 0. The van der Waals surface area contributed by atoms with Crippen LogP contribution in [0, 0.1) is 17.3 Å². The highest BCUT2D eigenvalue weighted by Crippen LogP contribution is 2.43. The van der Waals surface area contributed by atoms with Crippen molar-refractivity contribution in [3.8, 4) is 11.8 Å². The highest BCUT2D eigenvalue weighted by Gasteiger charge is 2.34. The van der Waals surface area contributed by atoms with Gasteiger partial charge in [0.05, 0.1) is 0 Å². The van der Waals surface area contributed by atoms with Crippen LogP contribution in [0.5, 0.6) is 0 Å². The second kappa shape index (κ2) is 3.78. The summed E-state index contributed by atoms with van der Waals surface area (Å²) in [5.41, 5.74) is 6.19. The molecule has 0 atom stereocenters. The Morgan fingerprint density at radius 3 is 2.55 bits per heavy atom. The zero-order chi connectivity index (χ0) is 8.16. The van der Waals surface area contributed by atoms with Gasteiger partial charge in [-0.15, -0.1) is 11.8 Å². The van der Waals surface area contributed by atoms with E-state index >= 15 is 0 Å². The van der Waals surface area contributed by atoms with E-state index in [4.69, 9.17) is 5.73 Å². The summed E-state index contributed by atoms with van der Waals surface area (Å²) in [5, 5.41) is 0. The molecule has 0 heterocycles. The third-order valence-corrected chi connectivity index (χ3v) is 2.80. The maximum Gasteiger partial charge on any atom is 0.00943 e. The number of rotatable bonds is 3. The molecule has 1 heteroatoms. The maximum absolute atomic E-state index is 5.70. The molecule has 0 bridgehead atoms. The zero-order valence-electron chi connectivity index (χ0n) is 7.32. The third kappa shape index (κ3) is 1.97. The Bertz CT molecular complexity index is 164. The predicted octanol–water partition coefficient (Wildman–Crippen LogP) is 1.92. The molecule has 0 radical (unpaired) electrons. The molecule has 0 aliphatic heterocycles. The number of hydrogen-bond acceptors (Lipinski definition) is 1. The lowest BCUT2D eigenvalue weighted by atomic mass is 9.66. The average Bonchev–Trinajstić information content (AvgIpc) is 1.95. The quantitative estimate of drug-likeness (QED) is 0.613. The standard InChI is InChI=1S/C10H17N/c1-2-3-4-6-10(9-11)7-5-8-10/h4-9,11H2,1H3. The fourth-order valence-corrected chi connectivity index (χ4v) is 1.69. The summed E-state index contributed by atoms with van der Waals surface area (Å²) in [4.78, 5) is 0. The van der Waals surface area contributed by atoms with Gasteiger partial charge in [0.15, 0.2) is 0 Å². The van der Waals surface area contributed by atoms with Crippen LogP contribution in [0.15, 0.2) is 0 Å². The van der Waals surface area contributed by atoms with Crippen LogP contribution in [0.3, 0.4) is 0 Å². The second-order valence-electron chi connectivity index (χ2n) is 3.48. The molecule has 0 amide bonds. The van der Waals surface area contributed by atoms with Crippen LogP contribution in [0.1, 0.15) is 39.0 Å². The van der Waals surface area contributed by atoms with E-state index in [2.05, 4.69) is 11.8 Å². The zero-order valence-corrected chi connectivity index (χ0v) is 7.32. The van der Waals surface area contributed by atoms with Gasteiger partial charge in [-0.25, -0.2) is 0 Å². The molecule has 1 aliphatic rings. The normalized spacial score (nSPS) is 19.8. The van der Waals surface area contributed by atoms with Gasteiger partial charge in [-0.05, 0) is 38.1 Å². The molecule has 1 saturated carbocycles. The number of hydrogen-bond donors (Lipinski definition) is 1. The predicted molar refractivity (Wildman–Crippen MR) is 48.0 cm³/mol. The lowest BCUT2D eigenvalue weighted by molar-refractivity contribution is 0.133. The highest BCUT2D eigenvalue weighted by atomic mass is 14.6. The molecule has 1 nitrogen and oxygen atoms in total. The van der Waals surface area contributed by atoms with Crippen LogP contribution in [0.25, 0.3) is 0 Å². The van der Waals surface area contributed by atoms with Crippen molar-refractivity contribution in [2.75, 3.05) is 6.54 Å². The Balaban J connectivity index is 2.25. The molecule has 11 heavy (non-hydrogen) atoms. The molecule has 0 spiro atoms. The Morgan fingerprint density at radius 1 is 1.45 bits per heavy atom. The van der Waals surface area contributed by atoms with E-state index in [-0.39, 0.29) is 0 Å². The highest BCUT2D eigenvalue weighted by molar-refractivity contribution is 4.98. The molecule has 1 aliphatic carbocycles. The van der Waals surface area contributed by atoms with E-state index in [1.54, 1.807) is 0 Å². The summed E-state index contributed by atoms with van der Waals surface area (Å²) >= 11 is 0. The molecule has 62 valence electrons. The minimum absolute atomic E-state index is 0.490. The molecule has 1 rings (SSSR count). The molecule has 2 N–H and O–H groups in total. The van der Waals surface area contributed by atoms with Gasteiger partial charge < -0.3 is 5.73 Å².